The first-order chi connectivity index (χ1) is 10.7. The number of rotatable bonds is 10. The van der Waals surface area contributed by atoms with Gasteiger partial charge in [-0.05, 0) is 53.5 Å². The summed E-state index contributed by atoms with van der Waals surface area (Å²) in [6.45, 7) is 8.18. The smallest absolute Gasteiger partial charge is 0.407 e. The summed E-state index contributed by atoms with van der Waals surface area (Å²) in [5, 5.41) is 5.27. The maximum absolute atomic E-state index is 11.4. The van der Waals surface area contributed by atoms with Crippen molar-refractivity contribution in [2.75, 3.05) is 19.8 Å². The molecule has 0 aliphatic heterocycles. The molecule has 0 spiro atoms. The third-order valence-electron chi connectivity index (χ3n) is 3.12. The molecule has 0 bridgehead atoms. The molecule has 0 heterocycles. The van der Waals surface area contributed by atoms with Crippen LogP contribution in [0, 0.1) is 0 Å². The van der Waals surface area contributed by atoms with Crippen LogP contribution in [0.15, 0.2) is 0 Å². The van der Waals surface area contributed by atoms with Gasteiger partial charge in [0.15, 0.2) is 0 Å². The molecule has 0 aromatic heterocycles. The van der Waals surface area contributed by atoms with Crippen molar-refractivity contribution in [3.05, 3.63) is 0 Å². The lowest BCUT2D eigenvalue weighted by molar-refractivity contribution is 0.114. The van der Waals surface area contributed by atoms with Crippen molar-refractivity contribution >= 4 is 37.0 Å². The standard InChI is InChI=1S/C15H32N4O4.2ClH/c1-11(2)18-13(20)22-9-6-15(17,5-8-16)7-10-23-14(21)19-12(3)4;;/h11-12H,5-10,16-17H2,1-4H3,(H,18,20)(H,19,21);2*1H. The number of halogens is 2. The van der Waals surface area contributed by atoms with Gasteiger partial charge in [-0.15, -0.1) is 24.8 Å². The van der Waals surface area contributed by atoms with Crippen LogP contribution in [0.4, 0.5) is 9.59 Å². The first kappa shape index (κ1) is 28.8. The van der Waals surface area contributed by atoms with Crippen molar-refractivity contribution in [1.29, 1.82) is 0 Å². The Hall–Kier alpha value is -0.960. The minimum Gasteiger partial charge on any atom is -0.449 e. The summed E-state index contributed by atoms with van der Waals surface area (Å²) in [6.07, 6.45) is 0.512. The number of alkyl carbamates (subject to hydrolysis) is 2. The Morgan fingerprint density at radius 2 is 1.24 bits per heavy atom. The Labute approximate surface area is 162 Å². The molecule has 0 aromatic rings. The number of nitrogens with two attached hydrogens (primary N) is 2. The minimum atomic E-state index is -0.634. The molecule has 0 fully saturated rings. The van der Waals surface area contributed by atoms with Crippen molar-refractivity contribution in [1.82, 2.24) is 10.6 Å². The van der Waals surface area contributed by atoms with Crippen molar-refractivity contribution in [3.8, 4) is 0 Å². The third kappa shape index (κ3) is 16.3. The molecule has 0 radical (unpaired) electrons. The van der Waals surface area contributed by atoms with Gasteiger partial charge in [0.1, 0.15) is 0 Å². The molecule has 0 aliphatic rings. The van der Waals surface area contributed by atoms with E-state index in [-0.39, 0.29) is 50.1 Å². The maximum Gasteiger partial charge on any atom is 0.407 e. The molecule has 8 nitrogen and oxygen atoms in total. The first-order valence-corrected chi connectivity index (χ1v) is 8.04. The van der Waals surface area contributed by atoms with Crippen molar-refractivity contribution in [2.24, 2.45) is 11.5 Å². The number of nitrogens with one attached hydrogen (secondary N) is 2. The van der Waals surface area contributed by atoms with E-state index in [0.717, 1.165) is 0 Å². The molecule has 2 amide bonds. The summed E-state index contributed by atoms with van der Waals surface area (Å²) >= 11 is 0. The monoisotopic (exact) mass is 404 g/mol. The van der Waals surface area contributed by atoms with Gasteiger partial charge in [-0.3, -0.25) is 0 Å². The molecule has 25 heavy (non-hydrogen) atoms. The topological polar surface area (TPSA) is 129 Å². The molecule has 0 saturated carbocycles. The van der Waals surface area contributed by atoms with E-state index >= 15 is 0 Å². The van der Waals surface area contributed by atoms with Gasteiger partial charge < -0.3 is 31.6 Å². The predicted octanol–water partition coefficient (Wildman–Crippen LogP) is 1.93. The molecule has 0 rings (SSSR count). The molecule has 0 unspecified atom stereocenters. The van der Waals surface area contributed by atoms with Crippen molar-refractivity contribution in [3.63, 3.8) is 0 Å². The number of hydrogen-bond acceptors (Lipinski definition) is 6. The number of ether oxygens (including phenoxy) is 2. The quantitative estimate of drug-likeness (QED) is 0.440. The van der Waals surface area contributed by atoms with E-state index in [2.05, 4.69) is 10.6 Å². The predicted molar refractivity (Wildman–Crippen MR) is 104 cm³/mol. The molecule has 0 saturated heterocycles. The normalized spacial score (nSPS) is 10.6. The van der Waals surface area contributed by atoms with E-state index in [1.54, 1.807) is 0 Å². The van der Waals surface area contributed by atoms with E-state index in [1.165, 1.54) is 0 Å². The van der Waals surface area contributed by atoms with Crippen LogP contribution in [0.5, 0.6) is 0 Å². The second kappa shape index (κ2) is 15.3. The average Bonchev–Trinajstić information content (AvgIpc) is 2.36. The summed E-state index contributed by atoms with van der Waals surface area (Å²) in [5.41, 5.74) is 11.2. The van der Waals surface area contributed by atoms with E-state index in [0.29, 0.717) is 25.8 Å². The van der Waals surface area contributed by atoms with Crippen LogP contribution in [0.2, 0.25) is 0 Å². The zero-order valence-electron chi connectivity index (χ0n) is 15.5. The fourth-order valence-electron chi connectivity index (χ4n) is 1.91. The van der Waals surface area contributed by atoms with Gasteiger partial charge in [-0.25, -0.2) is 9.59 Å². The van der Waals surface area contributed by atoms with Crippen LogP contribution in [-0.4, -0.2) is 49.6 Å². The summed E-state index contributed by atoms with van der Waals surface area (Å²) in [6, 6.07) is 0.0316. The third-order valence-corrected chi connectivity index (χ3v) is 3.12. The Balaban J connectivity index is -0.00000242. The first-order valence-electron chi connectivity index (χ1n) is 8.04. The number of hydrogen-bond donors (Lipinski definition) is 4. The van der Waals surface area contributed by atoms with Crippen LogP contribution >= 0.6 is 24.8 Å². The van der Waals surface area contributed by atoms with Gasteiger partial charge in [0.2, 0.25) is 0 Å². The molecule has 6 N–H and O–H groups in total. The highest BCUT2D eigenvalue weighted by Crippen LogP contribution is 2.16. The number of amides is 2. The lowest BCUT2D eigenvalue weighted by Crippen LogP contribution is -2.45. The van der Waals surface area contributed by atoms with Gasteiger partial charge >= 0.3 is 12.2 Å². The largest absolute Gasteiger partial charge is 0.449 e. The summed E-state index contributed by atoms with van der Waals surface area (Å²) < 4.78 is 10.2. The lowest BCUT2D eigenvalue weighted by Gasteiger charge is -2.29. The highest BCUT2D eigenvalue weighted by Gasteiger charge is 2.25. The van der Waals surface area contributed by atoms with Crippen molar-refractivity contribution < 1.29 is 19.1 Å². The SMILES string of the molecule is CC(C)NC(=O)OCCC(N)(CCN)CCOC(=O)NC(C)C.Cl.Cl. The van der Waals surface area contributed by atoms with Crippen LogP contribution in [0.25, 0.3) is 0 Å². The molecule has 10 heteroatoms. The fraction of sp³-hybridized carbons (Fsp3) is 0.867. The molecule has 152 valence electrons. The average molecular weight is 405 g/mol. The summed E-state index contributed by atoms with van der Waals surface area (Å²) in [4.78, 5) is 22.9. The Bertz CT molecular complexity index is 343. The Morgan fingerprint density at radius 1 is 0.880 bits per heavy atom. The number of carbonyl (C=O) groups excluding carboxylic acids is 2. The zero-order chi connectivity index (χ0) is 17.9. The molecule has 0 atom stereocenters. The van der Waals surface area contributed by atoms with Crippen molar-refractivity contribution in [2.45, 2.75) is 64.6 Å². The second-order valence-corrected chi connectivity index (χ2v) is 6.27. The second-order valence-electron chi connectivity index (χ2n) is 6.27. The van der Waals surface area contributed by atoms with Gasteiger partial charge in [-0.1, -0.05) is 0 Å². The molecular weight excluding hydrogens is 371 g/mol. The van der Waals surface area contributed by atoms with E-state index < -0.39 is 17.7 Å². The summed E-state index contributed by atoms with van der Waals surface area (Å²) in [7, 11) is 0. The van der Waals surface area contributed by atoms with E-state index in [9.17, 15) is 9.59 Å². The minimum absolute atomic E-state index is 0. The Kier molecular flexibility index (Phi) is 17.7. The maximum atomic E-state index is 11.4. The Morgan fingerprint density at radius 3 is 1.52 bits per heavy atom. The fourth-order valence-corrected chi connectivity index (χ4v) is 1.91. The van der Waals surface area contributed by atoms with E-state index in [1.807, 2.05) is 27.7 Å². The highest BCUT2D eigenvalue weighted by atomic mass is 35.5. The molecule has 0 aromatic carbocycles. The van der Waals surface area contributed by atoms with Gasteiger partial charge in [0.05, 0.1) is 13.2 Å². The van der Waals surface area contributed by atoms with Gasteiger partial charge in [0, 0.05) is 17.6 Å². The molecular formula is C15H34Cl2N4O4. The zero-order valence-corrected chi connectivity index (χ0v) is 17.1. The summed E-state index contributed by atoms with van der Waals surface area (Å²) in [5.74, 6) is 0. The van der Waals surface area contributed by atoms with Crippen LogP contribution in [0.3, 0.4) is 0 Å². The highest BCUT2D eigenvalue weighted by molar-refractivity contribution is 5.85. The van der Waals surface area contributed by atoms with Crippen LogP contribution in [0.1, 0.15) is 47.0 Å². The van der Waals surface area contributed by atoms with Gasteiger partial charge in [0.25, 0.3) is 0 Å². The molecule has 0 aliphatic carbocycles. The lowest BCUT2D eigenvalue weighted by atomic mass is 9.89. The number of carbonyl (C=O) groups is 2. The van der Waals surface area contributed by atoms with E-state index in [4.69, 9.17) is 20.9 Å². The van der Waals surface area contributed by atoms with Crippen LogP contribution in [-0.2, 0) is 9.47 Å². The van der Waals surface area contributed by atoms with Gasteiger partial charge in [-0.2, -0.15) is 0 Å². The van der Waals surface area contributed by atoms with Crippen LogP contribution < -0.4 is 22.1 Å².